The molecule has 0 saturated heterocycles. The first-order chi connectivity index (χ1) is 10.3. The maximum Gasteiger partial charge on any atom is 0.269 e. The Bertz CT molecular complexity index is 554. The lowest BCUT2D eigenvalue weighted by molar-refractivity contribution is 0.0948. The zero-order valence-electron chi connectivity index (χ0n) is 12.2. The second kappa shape index (κ2) is 7.99. The van der Waals surface area contributed by atoms with Gasteiger partial charge in [-0.15, -0.1) is 0 Å². The summed E-state index contributed by atoms with van der Waals surface area (Å²) in [4.78, 5) is 20.2. The summed E-state index contributed by atoms with van der Waals surface area (Å²) in [7, 11) is 0. The van der Waals surface area contributed by atoms with E-state index in [9.17, 15) is 4.79 Å². The molecule has 5 nitrogen and oxygen atoms in total. The van der Waals surface area contributed by atoms with E-state index in [1.165, 1.54) is 0 Å². The molecule has 0 atom stereocenters. The van der Waals surface area contributed by atoms with Crippen molar-refractivity contribution in [3.63, 3.8) is 0 Å². The van der Waals surface area contributed by atoms with E-state index in [0.29, 0.717) is 18.8 Å². The van der Waals surface area contributed by atoms with E-state index in [1.807, 2.05) is 24.3 Å². The van der Waals surface area contributed by atoms with Crippen molar-refractivity contribution in [1.29, 1.82) is 0 Å². The van der Waals surface area contributed by atoms with Crippen LogP contribution in [-0.4, -0.2) is 22.4 Å². The molecule has 0 fully saturated rings. The normalized spacial score (nSPS) is 10.1. The maximum absolute atomic E-state index is 11.8. The summed E-state index contributed by atoms with van der Waals surface area (Å²) in [5, 5.41) is 6.07. The molecule has 21 heavy (non-hydrogen) atoms. The van der Waals surface area contributed by atoms with Crippen molar-refractivity contribution >= 4 is 11.6 Å². The van der Waals surface area contributed by atoms with Crippen molar-refractivity contribution in [1.82, 2.24) is 15.3 Å². The van der Waals surface area contributed by atoms with E-state index < -0.39 is 0 Å². The lowest BCUT2D eigenvalue weighted by Crippen LogP contribution is -2.25. The van der Waals surface area contributed by atoms with Gasteiger partial charge in [0.25, 0.3) is 5.91 Å². The molecule has 0 aromatic carbocycles. The van der Waals surface area contributed by atoms with Gasteiger partial charge < -0.3 is 10.6 Å². The Kier molecular flexibility index (Phi) is 5.70. The van der Waals surface area contributed by atoms with E-state index >= 15 is 0 Å². The number of aromatic nitrogens is 2. The molecule has 2 rings (SSSR count). The molecule has 2 aromatic rings. The summed E-state index contributed by atoms with van der Waals surface area (Å²) in [5.41, 5.74) is 2.26. The highest BCUT2D eigenvalue weighted by atomic mass is 16.1. The topological polar surface area (TPSA) is 66.9 Å². The molecule has 0 aliphatic rings. The highest BCUT2D eigenvalue weighted by Crippen LogP contribution is 2.08. The van der Waals surface area contributed by atoms with Crippen LogP contribution in [0.3, 0.4) is 0 Å². The molecule has 110 valence electrons. The fraction of sp³-hybridized carbons (Fsp3) is 0.312. The van der Waals surface area contributed by atoms with Gasteiger partial charge in [0.15, 0.2) is 0 Å². The number of anilines is 1. The number of nitrogens with zero attached hydrogens (tertiary/aromatic N) is 2. The van der Waals surface area contributed by atoms with E-state index in [1.54, 1.807) is 18.5 Å². The number of carbonyl (C=O) groups excluding carboxylic acids is 1. The highest BCUT2D eigenvalue weighted by Gasteiger charge is 2.05. The third-order valence-corrected chi connectivity index (χ3v) is 3.01. The molecule has 2 N–H and O–H groups in total. The van der Waals surface area contributed by atoms with Gasteiger partial charge in [-0.05, 0) is 30.7 Å². The van der Waals surface area contributed by atoms with Crippen molar-refractivity contribution in [2.45, 2.75) is 26.3 Å². The second-order valence-electron chi connectivity index (χ2n) is 4.72. The minimum Gasteiger partial charge on any atom is -0.378 e. The predicted octanol–water partition coefficient (Wildman–Crippen LogP) is 2.62. The fourth-order valence-electron chi connectivity index (χ4n) is 1.80. The van der Waals surface area contributed by atoms with Crippen molar-refractivity contribution in [2.24, 2.45) is 0 Å². The van der Waals surface area contributed by atoms with E-state index in [0.717, 1.165) is 24.2 Å². The fourth-order valence-corrected chi connectivity index (χ4v) is 1.80. The Morgan fingerprint density at radius 1 is 1.19 bits per heavy atom. The number of rotatable bonds is 7. The smallest absolute Gasteiger partial charge is 0.269 e. The Labute approximate surface area is 124 Å². The molecule has 2 heterocycles. The van der Waals surface area contributed by atoms with E-state index in [-0.39, 0.29) is 5.91 Å². The molecule has 0 bridgehead atoms. The quantitative estimate of drug-likeness (QED) is 0.767. The molecular formula is C16H20N4O. The average Bonchev–Trinajstić information content (AvgIpc) is 2.54. The molecule has 2 aromatic heterocycles. The monoisotopic (exact) mass is 284 g/mol. The molecule has 0 aliphatic carbocycles. The number of amides is 1. The van der Waals surface area contributed by atoms with Gasteiger partial charge in [-0.3, -0.25) is 9.78 Å². The molecule has 5 heteroatoms. The second-order valence-corrected chi connectivity index (χ2v) is 4.72. The summed E-state index contributed by atoms with van der Waals surface area (Å²) in [6.45, 7) is 3.41. The van der Waals surface area contributed by atoms with Gasteiger partial charge in [0, 0.05) is 12.7 Å². The third-order valence-electron chi connectivity index (χ3n) is 3.01. The van der Waals surface area contributed by atoms with Crippen LogP contribution >= 0.6 is 0 Å². The predicted molar refractivity (Wildman–Crippen MR) is 83.0 cm³/mol. The first kappa shape index (κ1) is 15.0. The average molecular weight is 284 g/mol. The number of carbonyl (C=O) groups is 1. The van der Waals surface area contributed by atoms with Gasteiger partial charge in [-0.1, -0.05) is 19.4 Å². The molecule has 0 unspecified atom stereocenters. The van der Waals surface area contributed by atoms with Crippen LogP contribution in [0.1, 0.15) is 35.9 Å². The molecule has 1 amide bonds. The van der Waals surface area contributed by atoms with Crippen molar-refractivity contribution in [3.8, 4) is 0 Å². The Morgan fingerprint density at radius 3 is 2.76 bits per heavy atom. The third kappa shape index (κ3) is 4.87. The van der Waals surface area contributed by atoms with E-state index in [2.05, 4.69) is 27.5 Å². The number of unbranched alkanes of at least 4 members (excludes halogenated alkanes) is 1. The van der Waals surface area contributed by atoms with Crippen LogP contribution in [0.15, 0.2) is 42.7 Å². The molecule has 0 spiro atoms. The SMILES string of the molecule is CCCCNC(=O)c1ccc(NCc2ccccn2)cn1. The summed E-state index contributed by atoms with van der Waals surface area (Å²) >= 11 is 0. The van der Waals surface area contributed by atoms with Crippen molar-refractivity contribution < 1.29 is 4.79 Å². The first-order valence-electron chi connectivity index (χ1n) is 7.17. The lowest BCUT2D eigenvalue weighted by Gasteiger charge is -2.07. The summed E-state index contributed by atoms with van der Waals surface area (Å²) in [5.74, 6) is -0.125. The van der Waals surface area contributed by atoms with Crippen LogP contribution in [0.2, 0.25) is 0 Å². The van der Waals surface area contributed by atoms with Gasteiger partial charge in [-0.25, -0.2) is 4.98 Å². The largest absolute Gasteiger partial charge is 0.378 e. The van der Waals surface area contributed by atoms with Crippen molar-refractivity contribution in [3.05, 3.63) is 54.1 Å². The summed E-state index contributed by atoms with van der Waals surface area (Å²) in [6.07, 6.45) is 5.47. The summed E-state index contributed by atoms with van der Waals surface area (Å²) < 4.78 is 0. The standard InChI is InChI=1S/C16H20N4O/c1-2-3-9-18-16(21)15-8-7-14(12-20-15)19-11-13-6-4-5-10-17-13/h4-8,10,12,19H,2-3,9,11H2,1H3,(H,18,21). The Balaban J connectivity index is 1.85. The number of nitrogens with one attached hydrogen (secondary N) is 2. The van der Waals surface area contributed by atoms with Crippen LogP contribution in [0.25, 0.3) is 0 Å². The number of pyridine rings is 2. The van der Waals surface area contributed by atoms with Gasteiger partial charge in [0.05, 0.1) is 24.1 Å². The van der Waals surface area contributed by atoms with Gasteiger partial charge in [0.2, 0.25) is 0 Å². The van der Waals surface area contributed by atoms with Gasteiger partial charge in [0.1, 0.15) is 5.69 Å². The zero-order valence-corrected chi connectivity index (χ0v) is 12.2. The van der Waals surface area contributed by atoms with Gasteiger partial charge in [-0.2, -0.15) is 0 Å². The highest BCUT2D eigenvalue weighted by molar-refractivity contribution is 5.92. The minimum atomic E-state index is -0.125. The van der Waals surface area contributed by atoms with Crippen LogP contribution in [0.4, 0.5) is 5.69 Å². The first-order valence-corrected chi connectivity index (χ1v) is 7.17. The maximum atomic E-state index is 11.8. The van der Waals surface area contributed by atoms with Crippen LogP contribution in [0, 0.1) is 0 Å². The van der Waals surface area contributed by atoms with Crippen molar-refractivity contribution in [2.75, 3.05) is 11.9 Å². The van der Waals surface area contributed by atoms with Crippen LogP contribution < -0.4 is 10.6 Å². The zero-order chi connectivity index (χ0) is 14.9. The lowest BCUT2D eigenvalue weighted by atomic mass is 10.3. The number of hydrogen-bond donors (Lipinski definition) is 2. The van der Waals surface area contributed by atoms with Crippen LogP contribution in [0.5, 0.6) is 0 Å². The van der Waals surface area contributed by atoms with Crippen LogP contribution in [-0.2, 0) is 6.54 Å². The van der Waals surface area contributed by atoms with Gasteiger partial charge >= 0.3 is 0 Å². The summed E-state index contributed by atoms with van der Waals surface area (Å²) in [6, 6.07) is 9.37. The minimum absolute atomic E-state index is 0.125. The Morgan fingerprint density at radius 2 is 2.10 bits per heavy atom. The molecule has 0 radical (unpaired) electrons. The van der Waals surface area contributed by atoms with E-state index in [4.69, 9.17) is 0 Å². The molecule has 0 aliphatic heterocycles. The Hall–Kier alpha value is -2.43. The number of hydrogen-bond acceptors (Lipinski definition) is 4. The molecular weight excluding hydrogens is 264 g/mol. The molecule has 0 saturated carbocycles.